The number of nitrogens with two attached hydrogens (primary N) is 1. The molecule has 0 aliphatic carbocycles. The topological polar surface area (TPSA) is 72.9 Å². The zero-order valence-corrected chi connectivity index (χ0v) is 12.3. The Hall–Kier alpha value is -2.14. The van der Waals surface area contributed by atoms with Crippen molar-refractivity contribution in [3.8, 4) is 5.69 Å². The lowest BCUT2D eigenvalue weighted by molar-refractivity contribution is 0.0936. The van der Waals surface area contributed by atoms with Crippen LogP contribution in [0.1, 0.15) is 36.5 Å². The predicted octanol–water partition coefficient (Wildman–Crippen LogP) is 2.12. The normalized spacial score (nSPS) is 12.1. The van der Waals surface area contributed by atoms with E-state index in [-0.39, 0.29) is 11.9 Å². The lowest BCUT2D eigenvalue weighted by Gasteiger charge is -2.16. The highest BCUT2D eigenvalue weighted by Gasteiger charge is 2.12. The molecule has 0 saturated carbocycles. The van der Waals surface area contributed by atoms with Crippen molar-refractivity contribution in [2.24, 2.45) is 5.73 Å². The molecule has 0 aliphatic heterocycles. The van der Waals surface area contributed by atoms with Gasteiger partial charge in [-0.25, -0.2) is 4.98 Å². The zero-order valence-electron chi connectivity index (χ0n) is 12.3. The first-order valence-electron chi connectivity index (χ1n) is 7.34. The van der Waals surface area contributed by atoms with Gasteiger partial charge >= 0.3 is 0 Å². The molecule has 0 radical (unpaired) electrons. The van der Waals surface area contributed by atoms with Gasteiger partial charge in [-0.15, -0.1) is 0 Å². The minimum Gasteiger partial charge on any atom is -0.348 e. The number of benzene rings is 1. The van der Waals surface area contributed by atoms with E-state index in [0.29, 0.717) is 12.1 Å². The van der Waals surface area contributed by atoms with E-state index in [1.54, 1.807) is 12.5 Å². The van der Waals surface area contributed by atoms with Crippen LogP contribution in [0.2, 0.25) is 0 Å². The van der Waals surface area contributed by atoms with Gasteiger partial charge in [0, 0.05) is 36.2 Å². The van der Waals surface area contributed by atoms with Crippen LogP contribution in [0.3, 0.4) is 0 Å². The Bertz CT molecular complexity index is 548. The summed E-state index contributed by atoms with van der Waals surface area (Å²) < 4.78 is 1.89. The van der Waals surface area contributed by atoms with Gasteiger partial charge in [-0.1, -0.05) is 19.8 Å². The second-order valence-electron chi connectivity index (χ2n) is 5.07. The standard InChI is InChI=1S/C16H22N4O/c1-2-3-4-14(11-17)19-16(21)13-5-7-15(8-6-13)20-10-9-18-12-20/h5-10,12,14H,2-4,11,17H2,1H3,(H,19,21). The van der Waals surface area contributed by atoms with Gasteiger partial charge in [-0.3, -0.25) is 4.79 Å². The van der Waals surface area contributed by atoms with Crippen molar-refractivity contribution in [2.45, 2.75) is 32.2 Å². The van der Waals surface area contributed by atoms with Crippen molar-refractivity contribution >= 4 is 5.91 Å². The van der Waals surface area contributed by atoms with Crippen molar-refractivity contribution < 1.29 is 4.79 Å². The number of amides is 1. The first kappa shape index (κ1) is 15.3. The first-order chi connectivity index (χ1) is 10.2. The molecule has 0 spiro atoms. The summed E-state index contributed by atoms with van der Waals surface area (Å²) in [5.74, 6) is -0.0706. The quantitative estimate of drug-likeness (QED) is 0.819. The summed E-state index contributed by atoms with van der Waals surface area (Å²) in [4.78, 5) is 16.2. The van der Waals surface area contributed by atoms with E-state index < -0.39 is 0 Å². The van der Waals surface area contributed by atoms with Crippen LogP contribution in [0.25, 0.3) is 5.69 Å². The molecule has 2 aromatic rings. The maximum Gasteiger partial charge on any atom is 0.251 e. The number of nitrogens with zero attached hydrogens (tertiary/aromatic N) is 2. The summed E-state index contributed by atoms with van der Waals surface area (Å²) >= 11 is 0. The van der Waals surface area contributed by atoms with Crippen LogP contribution >= 0.6 is 0 Å². The second-order valence-corrected chi connectivity index (χ2v) is 5.07. The molecule has 1 amide bonds. The summed E-state index contributed by atoms with van der Waals surface area (Å²) in [6.07, 6.45) is 8.41. The molecule has 0 aliphatic rings. The number of rotatable bonds is 7. The van der Waals surface area contributed by atoms with Crippen LogP contribution < -0.4 is 11.1 Å². The van der Waals surface area contributed by atoms with E-state index >= 15 is 0 Å². The van der Waals surface area contributed by atoms with Gasteiger partial charge in [0.2, 0.25) is 0 Å². The van der Waals surface area contributed by atoms with Crippen LogP contribution in [0.4, 0.5) is 0 Å². The molecule has 5 nitrogen and oxygen atoms in total. The highest BCUT2D eigenvalue weighted by molar-refractivity contribution is 5.94. The van der Waals surface area contributed by atoms with Gasteiger partial charge in [-0.05, 0) is 30.7 Å². The first-order valence-corrected chi connectivity index (χ1v) is 7.34. The summed E-state index contributed by atoms with van der Waals surface area (Å²) in [7, 11) is 0. The lowest BCUT2D eigenvalue weighted by atomic mass is 10.1. The number of aromatic nitrogens is 2. The molecule has 1 atom stereocenters. The van der Waals surface area contributed by atoms with Gasteiger partial charge in [-0.2, -0.15) is 0 Å². The SMILES string of the molecule is CCCCC(CN)NC(=O)c1ccc(-n2ccnc2)cc1. The number of carbonyl (C=O) groups is 1. The molecule has 1 aromatic carbocycles. The number of imidazole rings is 1. The van der Waals surface area contributed by atoms with Gasteiger partial charge in [0.25, 0.3) is 5.91 Å². The molecule has 1 heterocycles. The molecule has 21 heavy (non-hydrogen) atoms. The third kappa shape index (κ3) is 4.16. The number of unbranched alkanes of at least 4 members (excludes halogenated alkanes) is 1. The van der Waals surface area contributed by atoms with Crippen LogP contribution in [0, 0.1) is 0 Å². The van der Waals surface area contributed by atoms with E-state index in [4.69, 9.17) is 5.73 Å². The molecular formula is C16H22N4O. The number of carbonyl (C=O) groups excluding carboxylic acids is 1. The van der Waals surface area contributed by atoms with E-state index in [1.165, 1.54) is 0 Å². The molecule has 1 aromatic heterocycles. The Balaban J connectivity index is 1.99. The Morgan fingerprint density at radius 1 is 1.38 bits per heavy atom. The Labute approximate surface area is 125 Å². The number of hydrogen-bond acceptors (Lipinski definition) is 3. The van der Waals surface area contributed by atoms with E-state index in [1.807, 2.05) is 35.0 Å². The molecule has 112 valence electrons. The van der Waals surface area contributed by atoms with Crippen LogP contribution in [-0.2, 0) is 0 Å². The highest BCUT2D eigenvalue weighted by Crippen LogP contribution is 2.10. The average molecular weight is 286 g/mol. The largest absolute Gasteiger partial charge is 0.348 e. The van der Waals surface area contributed by atoms with Gasteiger partial charge in [0.15, 0.2) is 0 Å². The molecular weight excluding hydrogens is 264 g/mol. The van der Waals surface area contributed by atoms with Crippen molar-refractivity contribution in [1.82, 2.24) is 14.9 Å². The van der Waals surface area contributed by atoms with E-state index in [9.17, 15) is 4.79 Å². The third-order valence-electron chi connectivity index (χ3n) is 3.46. The minimum absolute atomic E-state index is 0.0470. The Morgan fingerprint density at radius 3 is 2.71 bits per heavy atom. The molecule has 0 bridgehead atoms. The van der Waals surface area contributed by atoms with E-state index in [0.717, 1.165) is 24.9 Å². The number of hydrogen-bond donors (Lipinski definition) is 2. The number of nitrogens with one attached hydrogen (secondary N) is 1. The lowest BCUT2D eigenvalue weighted by Crippen LogP contribution is -2.40. The Morgan fingerprint density at radius 2 is 2.14 bits per heavy atom. The van der Waals surface area contributed by atoms with Gasteiger partial charge < -0.3 is 15.6 Å². The van der Waals surface area contributed by atoms with Crippen LogP contribution in [0.5, 0.6) is 0 Å². The van der Waals surface area contributed by atoms with Crippen molar-refractivity contribution in [2.75, 3.05) is 6.54 Å². The zero-order chi connectivity index (χ0) is 15.1. The third-order valence-corrected chi connectivity index (χ3v) is 3.46. The maximum absolute atomic E-state index is 12.2. The fourth-order valence-electron chi connectivity index (χ4n) is 2.16. The summed E-state index contributed by atoms with van der Waals surface area (Å²) in [5.41, 5.74) is 7.33. The van der Waals surface area contributed by atoms with Crippen LogP contribution in [0.15, 0.2) is 43.0 Å². The van der Waals surface area contributed by atoms with Gasteiger partial charge in [0.05, 0.1) is 6.33 Å². The van der Waals surface area contributed by atoms with Gasteiger partial charge in [0.1, 0.15) is 0 Å². The molecule has 1 unspecified atom stereocenters. The molecule has 3 N–H and O–H groups in total. The maximum atomic E-state index is 12.2. The summed E-state index contributed by atoms with van der Waals surface area (Å²) in [6.45, 7) is 2.60. The van der Waals surface area contributed by atoms with Crippen molar-refractivity contribution in [3.63, 3.8) is 0 Å². The molecule has 2 rings (SSSR count). The van der Waals surface area contributed by atoms with Crippen LogP contribution in [-0.4, -0.2) is 28.0 Å². The fourth-order valence-corrected chi connectivity index (χ4v) is 2.16. The molecule has 5 heteroatoms. The minimum atomic E-state index is -0.0706. The smallest absolute Gasteiger partial charge is 0.251 e. The molecule has 0 saturated heterocycles. The highest BCUT2D eigenvalue weighted by atomic mass is 16.1. The fraction of sp³-hybridized carbons (Fsp3) is 0.375. The Kier molecular flexibility index (Phi) is 5.51. The van der Waals surface area contributed by atoms with E-state index in [2.05, 4.69) is 17.2 Å². The van der Waals surface area contributed by atoms with Crippen molar-refractivity contribution in [1.29, 1.82) is 0 Å². The monoisotopic (exact) mass is 286 g/mol. The predicted molar refractivity (Wildman–Crippen MR) is 83.4 cm³/mol. The summed E-state index contributed by atoms with van der Waals surface area (Å²) in [6, 6.07) is 7.49. The summed E-state index contributed by atoms with van der Waals surface area (Å²) in [5, 5.41) is 2.99. The van der Waals surface area contributed by atoms with Crippen molar-refractivity contribution in [3.05, 3.63) is 48.5 Å². The second kappa shape index (κ2) is 7.59. The molecule has 0 fully saturated rings. The average Bonchev–Trinajstić information content (AvgIpc) is 3.05.